The Morgan fingerprint density at radius 3 is 2.75 bits per heavy atom. The zero-order valence-corrected chi connectivity index (χ0v) is 18.8. The maximum Gasteiger partial charge on any atom is 0.154 e. The van der Waals surface area contributed by atoms with Crippen LogP contribution < -0.4 is 4.90 Å². The molecule has 0 amide bonds. The van der Waals surface area contributed by atoms with Crippen molar-refractivity contribution in [2.45, 2.75) is 45.4 Å². The number of hydrogen-bond acceptors (Lipinski definition) is 5. The van der Waals surface area contributed by atoms with Gasteiger partial charge in [0, 0.05) is 36.3 Å². The number of nitrogens with one attached hydrogen (secondary N) is 1. The van der Waals surface area contributed by atoms with Crippen molar-refractivity contribution < 1.29 is 4.74 Å². The van der Waals surface area contributed by atoms with Gasteiger partial charge in [-0.3, -0.25) is 5.10 Å². The van der Waals surface area contributed by atoms with Gasteiger partial charge in [0.2, 0.25) is 0 Å². The molecule has 3 aromatic heterocycles. The summed E-state index contributed by atoms with van der Waals surface area (Å²) in [4.78, 5) is 7.03. The Morgan fingerprint density at radius 2 is 1.97 bits per heavy atom. The summed E-state index contributed by atoms with van der Waals surface area (Å²) in [6.45, 7) is 8.28. The summed E-state index contributed by atoms with van der Waals surface area (Å²) in [5.74, 6) is 1.41. The number of nitrogens with zero attached hydrogens (tertiary/aromatic N) is 5. The molecule has 0 unspecified atom stereocenters. The number of rotatable bonds is 3. The van der Waals surface area contributed by atoms with E-state index in [1.165, 1.54) is 36.8 Å². The number of anilines is 1. The van der Waals surface area contributed by atoms with Crippen molar-refractivity contribution in [3.63, 3.8) is 0 Å². The van der Waals surface area contributed by atoms with Gasteiger partial charge in [0.15, 0.2) is 5.65 Å². The number of fused-ring (bicyclic) bond motifs is 2. The highest BCUT2D eigenvalue weighted by Gasteiger charge is 2.36. The van der Waals surface area contributed by atoms with Crippen molar-refractivity contribution in [1.82, 2.24) is 24.8 Å². The van der Waals surface area contributed by atoms with Crippen LogP contribution in [-0.2, 0) is 4.74 Å². The highest BCUT2D eigenvalue weighted by atomic mass is 16.5. The largest absolute Gasteiger partial charge is 0.381 e. The Kier molecular flexibility index (Phi) is 4.68. The third-order valence-electron chi connectivity index (χ3n) is 7.36. The molecule has 2 aliphatic heterocycles. The second kappa shape index (κ2) is 7.59. The Morgan fingerprint density at radius 1 is 1.09 bits per heavy atom. The molecule has 32 heavy (non-hydrogen) atoms. The number of aromatic nitrogens is 5. The minimum absolute atomic E-state index is 0.382. The van der Waals surface area contributed by atoms with Crippen LogP contribution in [0.5, 0.6) is 0 Å². The molecule has 1 N–H and O–H groups in total. The van der Waals surface area contributed by atoms with E-state index in [-0.39, 0.29) is 0 Å². The van der Waals surface area contributed by atoms with Crippen LogP contribution in [-0.4, -0.2) is 51.1 Å². The topological polar surface area (TPSA) is 71.3 Å². The first-order chi connectivity index (χ1) is 15.6. The molecule has 0 radical (unpaired) electrons. The number of benzene rings is 1. The minimum Gasteiger partial charge on any atom is -0.381 e. The number of H-pyrrole nitrogens is 1. The van der Waals surface area contributed by atoms with E-state index in [1.807, 2.05) is 10.7 Å². The van der Waals surface area contributed by atoms with Gasteiger partial charge in [-0.15, -0.1) is 5.10 Å². The molecule has 6 rings (SSSR count). The van der Waals surface area contributed by atoms with Crippen molar-refractivity contribution in [2.24, 2.45) is 5.41 Å². The van der Waals surface area contributed by atoms with E-state index in [4.69, 9.17) is 9.84 Å². The quantitative estimate of drug-likeness (QED) is 0.506. The highest BCUT2D eigenvalue weighted by Crippen LogP contribution is 2.39. The first-order valence-electron chi connectivity index (χ1n) is 11.8. The van der Waals surface area contributed by atoms with Crippen LogP contribution in [0.2, 0.25) is 0 Å². The van der Waals surface area contributed by atoms with Crippen molar-refractivity contribution in [3.8, 4) is 11.3 Å². The van der Waals surface area contributed by atoms with Crippen molar-refractivity contribution in [1.29, 1.82) is 0 Å². The van der Waals surface area contributed by atoms with Crippen LogP contribution in [0.1, 0.15) is 51.1 Å². The van der Waals surface area contributed by atoms with E-state index >= 15 is 0 Å². The lowest BCUT2D eigenvalue weighted by atomic mass is 9.74. The smallest absolute Gasteiger partial charge is 0.154 e. The normalized spacial score (nSPS) is 18.9. The fourth-order valence-electron chi connectivity index (χ4n) is 5.37. The van der Waals surface area contributed by atoms with Crippen LogP contribution in [0.15, 0.2) is 36.5 Å². The molecule has 1 spiro atoms. The molecule has 2 aliphatic rings. The van der Waals surface area contributed by atoms with Crippen LogP contribution >= 0.6 is 0 Å². The molecule has 7 heteroatoms. The van der Waals surface area contributed by atoms with Gasteiger partial charge < -0.3 is 9.64 Å². The molecular formula is C25H30N6O. The first-order valence-corrected chi connectivity index (χ1v) is 11.8. The van der Waals surface area contributed by atoms with E-state index in [9.17, 15) is 0 Å². The molecular weight excluding hydrogens is 400 g/mol. The monoisotopic (exact) mass is 430 g/mol. The third-order valence-corrected chi connectivity index (χ3v) is 7.36. The lowest BCUT2D eigenvalue weighted by Gasteiger charge is -2.44. The first kappa shape index (κ1) is 19.7. The summed E-state index contributed by atoms with van der Waals surface area (Å²) in [5, 5.41) is 13.8. The standard InChI is InChI=1S/C25H30N6O/c1-17(2)24-19-14-18(4-5-20(19)27-28-24)21-15-26-22-6-7-23(29-31(21)22)30-11-9-25(10-12-30)8-3-13-32-16-25/h4-7,14-15,17H,3,8-13,16H2,1-2H3,(H,27,28). The van der Waals surface area contributed by atoms with E-state index in [1.54, 1.807) is 0 Å². The van der Waals surface area contributed by atoms with Gasteiger partial charge in [0.1, 0.15) is 5.82 Å². The van der Waals surface area contributed by atoms with Crippen LogP contribution in [0.25, 0.3) is 27.8 Å². The summed E-state index contributed by atoms with van der Waals surface area (Å²) in [7, 11) is 0. The molecule has 1 aromatic carbocycles. The van der Waals surface area contributed by atoms with Crippen LogP contribution in [0.3, 0.4) is 0 Å². The van der Waals surface area contributed by atoms with Gasteiger partial charge in [0.05, 0.1) is 24.0 Å². The Balaban J connectivity index is 1.32. The van der Waals surface area contributed by atoms with Crippen LogP contribution in [0.4, 0.5) is 5.82 Å². The third kappa shape index (κ3) is 3.26. The van der Waals surface area contributed by atoms with Gasteiger partial charge in [-0.25, -0.2) is 9.50 Å². The van der Waals surface area contributed by atoms with Gasteiger partial charge in [-0.2, -0.15) is 5.10 Å². The number of aromatic amines is 1. The summed E-state index contributed by atoms with van der Waals surface area (Å²) >= 11 is 0. The Bertz CT molecular complexity index is 1260. The van der Waals surface area contributed by atoms with Crippen molar-refractivity contribution in [3.05, 3.63) is 42.2 Å². The average molecular weight is 431 g/mol. The number of imidazole rings is 1. The molecule has 5 heterocycles. The maximum atomic E-state index is 5.81. The fraction of sp³-hybridized carbons (Fsp3) is 0.480. The molecule has 0 atom stereocenters. The predicted octanol–water partition coefficient (Wildman–Crippen LogP) is 4.79. The lowest BCUT2D eigenvalue weighted by molar-refractivity contribution is -0.0210. The number of piperidine rings is 1. The second-order valence-corrected chi connectivity index (χ2v) is 9.77. The molecule has 0 bridgehead atoms. The summed E-state index contributed by atoms with van der Waals surface area (Å²) in [5.41, 5.74) is 5.53. The van der Waals surface area contributed by atoms with Gasteiger partial charge in [-0.1, -0.05) is 19.9 Å². The fourth-order valence-corrected chi connectivity index (χ4v) is 5.37. The summed E-state index contributed by atoms with van der Waals surface area (Å²) in [6.07, 6.45) is 6.78. The molecule has 2 saturated heterocycles. The molecule has 4 aromatic rings. The van der Waals surface area contributed by atoms with Gasteiger partial charge in [0.25, 0.3) is 0 Å². The Labute approximate surface area is 187 Å². The lowest BCUT2D eigenvalue weighted by Crippen LogP contribution is -2.44. The summed E-state index contributed by atoms with van der Waals surface area (Å²) in [6, 6.07) is 10.6. The SMILES string of the molecule is CC(C)c1[nH]nc2ccc(-c3cnc4ccc(N5CCC6(CCCOC6)CC5)nn34)cc12. The number of ether oxygens (including phenoxy) is 1. The summed E-state index contributed by atoms with van der Waals surface area (Å²) < 4.78 is 7.80. The second-order valence-electron chi connectivity index (χ2n) is 9.77. The number of hydrogen-bond donors (Lipinski definition) is 1. The van der Waals surface area contributed by atoms with E-state index < -0.39 is 0 Å². The zero-order valence-electron chi connectivity index (χ0n) is 18.8. The molecule has 2 fully saturated rings. The molecule has 166 valence electrons. The zero-order chi connectivity index (χ0) is 21.7. The maximum absolute atomic E-state index is 5.81. The molecule has 0 saturated carbocycles. The van der Waals surface area contributed by atoms with Crippen LogP contribution in [0, 0.1) is 5.41 Å². The van der Waals surface area contributed by atoms with Crippen molar-refractivity contribution in [2.75, 3.05) is 31.2 Å². The van der Waals surface area contributed by atoms with Gasteiger partial charge in [-0.05, 0) is 61.3 Å². The minimum atomic E-state index is 0.382. The van der Waals surface area contributed by atoms with Crippen molar-refractivity contribution >= 4 is 22.4 Å². The molecule has 7 nitrogen and oxygen atoms in total. The van der Waals surface area contributed by atoms with Gasteiger partial charge >= 0.3 is 0 Å². The van der Waals surface area contributed by atoms with E-state index in [0.717, 1.165) is 54.5 Å². The van der Waals surface area contributed by atoms with E-state index in [0.29, 0.717) is 11.3 Å². The molecule has 0 aliphatic carbocycles. The average Bonchev–Trinajstić information content (AvgIpc) is 3.43. The van der Waals surface area contributed by atoms with E-state index in [2.05, 4.69) is 64.3 Å². The highest BCUT2D eigenvalue weighted by molar-refractivity contribution is 5.86. The Hall–Kier alpha value is -2.93. The predicted molar refractivity (Wildman–Crippen MR) is 126 cm³/mol.